The molecule has 1 atom stereocenters. The van der Waals surface area contributed by atoms with E-state index in [4.69, 9.17) is 17.3 Å². The maximum atomic E-state index is 12.6. The Labute approximate surface area is 127 Å². The molecule has 19 heavy (non-hydrogen) atoms. The van der Waals surface area contributed by atoms with Crippen LogP contribution >= 0.6 is 27.5 Å². The van der Waals surface area contributed by atoms with E-state index in [0.29, 0.717) is 17.1 Å². The van der Waals surface area contributed by atoms with Crippen molar-refractivity contribution in [1.29, 1.82) is 0 Å². The highest BCUT2D eigenvalue weighted by Crippen LogP contribution is 2.26. The van der Waals surface area contributed by atoms with Gasteiger partial charge in [-0.3, -0.25) is 4.79 Å². The molecule has 5 heteroatoms. The van der Waals surface area contributed by atoms with Crippen molar-refractivity contribution in [1.82, 2.24) is 4.90 Å². The standard InChI is InChI=1S/C14H18BrClN2O/c15-12-9-10(4-5-13(12)16)14(19)18-8-2-1-3-11(18)6-7-17/h4-5,9,11H,1-3,6-8,17H2. The van der Waals surface area contributed by atoms with Gasteiger partial charge in [0.15, 0.2) is 0 Å². The summed E-state index contributed by atoms with van der Waals surface area (Å²) in [4.78, 5) is 14.5. The van der Waals surface area contributed by atoms with E-state index >= 15 is 0 Å². The molecule has 0 aromatic heterocycles. The number of carbonyl (C=O) groups is 1. The van der Waals surface area contributed by atoms with E-state index in [1.54, 1.807) is 18.2 Å². The predicted octanol–water partition coefficient (Wildman–Crippen LogP) is 3.45. The van der Waals surface area contributed by atoms with Gasteiger partial charge < -0.3 is 10.6 Å². The van der Waals surface area contributed by atoms with E-state index in [0.717, 1.165) is 30.3 Å². The Morgan fingerprint density at radius 3 is 2.95 bits per heavy atom. The zero-order valence-electron chi connectivity index (χ0n) is 10.7. The summed E-state index contributed by atoms with van der Waals surface area (Å²) < 4.78 is 0.757. The summed E-state index contributed by atoms with van der Waals surface area (Å²) in [5.74, 6) is 0.0792. The first-order valence-corrected chi connectivity index (χ1v) is 7.76. The van der Waals surface area contributed by atoms with E-state index in [9.17, 15) is 4.79 Å². The van der Waals surface area contributed by atoms with E-state index < -0.39 is 0 Å². The largest absolute Gasteiger partial charge is 0.336 e. The number of nitrogens with zero attached hydrogens (tertiary/aromatic N) is 1. The Hall–Kier alpha value is -0.580. The van der Waals surface area contributed by atoms with Gasteiger partial charge in [0.2, 0.25) is 0 Å². The van der Waals surface area contributed by atoms with Gasteiger partial charge in [-0.2, -0.15) is 0 Å². The fraction of sp³-hybridized carbons (Fsp3) is 0.500. The van der Waals surface area contributed by atoms with Crippen LogP contribution in [0.15, 0.2) is 22.7 Å². The second-order valence-corrected chi connectivity index (χ2v) is 6.12. The summed E-state index contributed by atoms with van der Waals surface area (Å²) in [5.41, 5.74) is 6.32. The number of carbonyl (C=O) groups excluding carboxylic acids is 1. The van der Waals surface area contributed by atoms with Crippen LogP contribution in [0, 0.1) is 0 Å². The molecule has 0 radical (unpaired) electrons. The maximum absolute atomic E-state index is 12.6. The minimum atomic E-state index is 0.0792. The third-order valence-corrected chi connectivity index (χ3v) is 4.77. The van der Waals surface area contributed by atoms with Crippen molar-refractivity contribution in [2.75, 3.05) is 13.1 Å². The van der Waals surface area contributed by atoms with E-state index in [1.807, 2.05) is 4.90 Å². The molecule has 0 aliphatic carbocycles. The Balaban J connectivity index is 2.18. The second-order valence-electron chi connectivity index (χ2n) is 4.85. The first-order valence-electron chi connectivity index (χ1n) is 6.59. The molecular formula is C14H18BrClN2O. The lowest BCUT2D eigenvalue weighted by atomic mass is 9.98. The Kier molecular flexibility index (Phi) is 5.25. The molecule has 1 fully saturated rings. The van der Waals surface area contributed by atoms with Crippen LogP contribution in [0.1, 0.15) is 36.0 Å². The molecule has 1 aromatic rings. The van der Waals surface area contributed by atoms with Crippen molar-refractivity contribution >= 4 is 33.4 Å². The Morgan fingerprint density at radius 2 is 2.26 bits per heavy atom. The SMILES string of the molecule is NCCC1CCCCN1C(=O)c1ccc(Cl)c(Br)c1. The predicted molar refractivity (Wildman–Crippen MR) is 81.5 cm³/mol. The third-order valence-electron chi connectivity index (χ3n) is 3.55. The smallest absolute Gasteiger partial charge is 0.254 e. The molecule has 1 amide bonds. The monoisotopic (exact) mass is 344 g/mol. The first kappa shape index (κ1) is 14.8. The highest BCUT2D eigenvalue weighted by molar-refractivity contribution is 9.10. The first-order chi connectivity index (χ1) is 9.13. The summed E-state index contributed by atoms with van der Waals surface area (Å²) in [6.45, 7) is 1.45. The van der Waals surface area contributed by atoms with Gasteiger partial charge in [0.05, 0.1) is 5.02 Å². The molecule has 1 heterocycles. The lowest BCUT2D eigenvalue weighted by Crippen LogP contribution is -2.44. The average molecular weight is 346 g/mol. The number of hydrogen-bond acceptors (Lipinski definition) is 2. The molecule has 2 N–H and O–H groups in total. The van der Waals surface area contributed by atoms with Crippen LogP contribution in [0.5, 0.6) is 0 Å². The number of likely N-dealkylation sites (tertiary alicyclic amines) is 1. The minimum absolute atomic E-state index is 0.0792. The molecule has 104 valence electrons. The summed E-state index contributed by atoms with van der Waals surface area (Å²) in [6.07, 6.45) is 4.18. The van der Waals surface area contributed by atoms with Gasteiger partial charge >= 0.3 is 0 Å². The van der Waals surface area contributed by atoms with Gasteiger partial charge in [-0.1, -0.05) is 11.6 Å². The van der Waals surface area contributed by atoms with Crippen LogP contribution in [0.25, 0.3) is 0 Å². The average Bonchev–Trinajstić information content (AvgIpc) is 2.42. The highest BCUT2D eigenvalue weighted by Gasteiger charge is 2.26. The van der Waals surface area contributed by atoms with Gasteiger partial charge in [-0.25, -0.2) is 0 Å². The number of amides is 1. The van der Waals surface area contributed by atoms with Crippen molar-refractivity contribution in [3.05, 3.63) is 33.3 Å². The highest BCUT2D eigenvalue weighted by atomic mass is 79.9. The van der Waals surface area contributed by atoms with Crippen molar-refractivity contribution in [3.8, 4) is 0 Å². The fourth-order valence-electron chi connectivity index (χ4n) is 2.56. The zero-order valence-corrected chi connectivity index (χ0v) is 13.1. The maximum Gasteiger partial charge on any atom is 0.254 e. The Bertz CT molecular complexity index is 465. The molecule has 1 aliphatic rings. The molecule has 1 unspecified atom stereocenters. The summed E-state index contributed by atoms with van der Waals surface area (Å²) >= 11 is 9.32. The van der Waals surface area contributed by atoms with Crippen LogP contribution in [0.3, 0.4) is 0 Å². The van der Waals surface area contributed by atoms with Crippen LogP contribution in [-0.2, 0) is 0 Å². The van der Waals surface area contributed by atoms with E-state index in [1.165, 1.54) is 6.42 Å². The second kappa shape index (κ2) is 6.73. The third kappa shape index (κ3) is 3.50. The number of benzene rings is 1. The molecule has 1 aliphatic heterocycles. The van der Waals surface area contributed by atoms with Crippen molar-refractivity contribution in [2.24, 2.45) is 5.73 Å². The molecule has 1 aromatic carbocycles. The number of nitrogens with two attached hydrogens (primary N) is 1. The summed E-state index contributed by atoms with van der Waals surface area (Å²) in [5, 5.41) is 0.619. The lowest BCUT2D eigenvalue weighted by molar-refractivity contribution is 0.0605. The normalized spacial score (nSPS) is 19.5. The summed E-state index contributed by atoms with van der Waals surface area (Å²) in [6, 6.07) is 5.60. The van der Waals surface area contributed by atoms with E-state index in [2.05, 4.69) is 15.9 Å². The number of piperidine rings is 1. The fourth-order valence-corrected chi connectivity index (χ4v) is 3.05. The van der Waals surface area contributed by atoms with Gasteiger partial charge in [0.25, 0.3) is 5.91 Å². The molecule has 1 saturated heterocycles. The van der Waals surface area contributed by atoms with Crippen LogP contribution in [0.4, 0.5) is 0 Å². The number of hydrogen-bond donors (Lipinski definition) is 1. The molecule has 0 bridgehead atoms. The van der Waals surface area contributed by atoms with Crippen LogP contribution in [0.2, 0.25) is 5.02 Å². The molecule has 0 spiro atoms. The number of halogens is 2. The van der Waals surface area contributed by atoms with Gasteiger partial charge in [0.1, 0.15) is 0 Å². The van der Waals surface area contributed by atoms with Gasteiger partial charge in [0, 0.05) is 22.6 Å². The Morgan fingerprint density at radius 1 is 1.47 bits per heavy atom. The van der Waals surface area contributed by atoms with Crippen LogP contribution < -0.4 is 5.73 Å². The molecule has 0 saturated carbocycles. The molecule has 3 nitrogen and oxygen atoms in total. The number of rotatable bonds is 3. The van der Waals surface area contributed by atoms with Gasteiger partial charge in [-0.05, 0) is 66.4 Å². The van der Waals surface area contributed by atoms with Gasteiger partial charge in [-0.15, -0.1) is 0 Å². The van der Waals surface area contributed by atoms with E-state index in [-0.39, 0.29) is 11.9 Å². The molecular weight excluding hydrogens is 328 g/mol. The minimum Gasteiger partial charge on any atom is -0.336 e. The summed E-state index contributed by atoms with van der Waals surface area (Å²) in [7, 11) is 0. The topological polar surface area (TPSA) is 46.3 Å². The lowest BCUT2D eigenvalue weighted by Gasteiger charge is -2.35. The van der Waals surface area contributed by atoms with Crippen molar-refractivity contribution in [3.63, 3.8) is 0 Å². The van der Waals surface area contributed by atoms with Crippen molar-refractivity contribution < 1.29 is 4.79 Å². The zero-order chi connectivity index (χ0) is 13.8. The quantitative estimate of drug-likeness (QED) is 0.912. The van der Waals surface area contributed by atoms with Crippen LogP contribution in [-0.4, -0.2) is 29.9 Å². The molecule has 2 rings (SSSR count). The van der Waals surface area contributed by atoms with Crippen molar-refractivity contribution in [2.45, 2.75) is 31.7 Å².